The van der Waals surface area contributed by atoms with Gasteiger partial charge in [0, 0.05) is 30.2 Å². The van der Waals surface area contributed by atoms with Crippen LogP contribution in [-0.4, -0.2) is 40.1 Å². The van der Waals surface area contributed by atoms with Crippen LogP contribution in [0, 0.1) is 10.1 Å². The van der Waals surface area contributed by atoms with Gasteiger partial charge in [0.15, 0.2) is 0 Å². The first-order valence-electron chi connectivity index (χ1n) is 7.47. The Hall–Kier alpha value is -1.62. The fraction of sp³-hybridized carbons (Fsp3) is 0.600. The number of nitro groups is 1. The Kier molecular flexibility index (Phi) is 3.87. The zero-order chi connectivity index (χ0) is 13.9. The molecule has 0 spiro atoms. The normalized spacial score (nSPS) is 22.1. The molecule has 0 N–H and O–H groups in total. The summed E-state index contributed by atoms with van der Waals surface area (Å²) in [6.45, 7) is 4.54. The lowest BCUT2D eigenvalue weighted by atomic mass is 10.1. The average Bonchev–Trinajstić information content (AvgIpc) is 3.08. The number of hydrogen-bond acceptors (Lipinski definition) is 3. The van der Waals surface area contributed by atoms with Crippen LogP contribution in [0.2, 0.25) is 0 Å². The molecule has 0 bridgehead atoms. The monoisotopic (exact) mass is 275 g/mol. The Morgan fingerprint density at radius 2 is 2.10 bits per heavy atom. The van der Waals surface area contributed by atoms with E-state index in [1.54, 1.807) is 0 Å². The summed E-state index contributed by atoms with van der Waals surface area (Å²) in [6, 6.07) is 1.51. The van der Waals surface area contributed by atoms with E-state index < -0.39 is 6.04 Å². The molecule has 2 aliphatic rings. The molecule has 0 amide bonds. The third kappa shape index (κ3) is 2.77. The summed E-state index contributed by atoms with van der Waals surface area (Å²) in [5, 5.41) is 13.1. The van der Waals surface area contributed by atoms with Crippen LogP contribution < -0.4 is 10.6 Å². The van der Waals surface area contributed by atoms with E-state index in [4.69, 9.17) is 0 Å². The third-order valence-electron chi connectivity index (χ3n) is 4.31. The second kappa shape index (κ2) is 5.79. The molecule has 0 radical (unpaired) electrons. The van der Waals surface area contributed by atoms with Crippen molar-refractivity contribution in [2.24, 2.45) is 0 Å². The number of nitrogens with zero attached hydrogens (tertiary/aromatic N) is 3. The quantitative estimate of drug-likeness (QED) is 0.583. The minimum Gasteiger partial charge on any atom is -0.347 e. The lowest BCUT2D eigenvalue weighted by molar-refractivity contribution is -0.503. The van der Waals surface area contributed by atoms with Gasteiger partial charge in [-0.1, -0.05) is 6.08 Å². The highest BCUT2D eigenvalue weighted by Gasteiger charge is 2.18. The smallest absolute Gasteiger partial charge is 0.237 e. The molecule has 5 nitrogen and oxygen atoms in total. The van der Waals surface area contributed by atoms with Gasteiger partial charge in [0.25, 0.3) is 0 Å². The number of hydrogen-bond donors (Lipinski definition) is 0. The van der Waals surface area contributed by atoms with E-state index in [1.165, 1.54) is 25.9 Å². The SMILES string of the molecule is O=[N+]([O-])C1C=c2c(ccn2CCCN2CCCC2)=CC1. The van der Waals surface area contributed by atoms with Gasteiger partial charge in [-0.15, -0.1) is 0 Å². The van der Waals surface area contributed by atoms with Crippen molar-refractivity contribution >= 4 is 12.2 Å². The summed E-state index contributed by atoms with van der Waals surface area (Å²) in [6.07, 6.45) is 10.1. The van der Waals surface area contributed by atoms with E-state index in [0.29, 0.717) is 6.42 Å². The molecule has 1 saturated heterocycles. The fourth-order valence-electron chi connectivity index (χ4n) is 3.18. The first-order chi connectivity index (χ1) is 9.74. The number of fused-ring (bicyclic) bond motifs is 1. The van der Waals surface area contributed by atoms with Crippen molar-refractivity contribution < 1.29 is 4.92 Å². The maximum absolute atomic E-state index is 10.9. The summed E-state index contributed by atoms with van der Waals surface area (Å²) in [5.41, 5.74) is 0. The zero-order valence-corrected chi connectivity index (χ0v) is 11.7. The fourth-order valence-corrected chi connectivity index (χ4v) is 3.18. The molecule has 5 heteroatoms. The van der Waals surface area contributed by atoms with Crippen LogP contribution in [-0.2, 0) is 6.54 Å². The largest absolute Gasteiger partial charge is 0.347 e. The lowest BCUT2D eigenvalue weighted by Gasteiger charge is -2.14. The number of aryl methyl sites for hydroxylation is 1. The van der Waals surface area contributed by atoms with Crippen molar-refractivity contribution in [3.8, 4) is 0 Å². The van der Waals surface area contributed by atoms with Gasteiger partial charge in [-0.2, -0.15) is 0 Å². The van der Waals surface area contributed by atoms with Gasteiger partial charge in [-0.3, -0.25) is 10.1 Å². The molecular formula is C15H21N3O2. The summed E-state index contributed by atoms with van der Waals surface area (Å²) in [5.74, 6) is 0. The van der Waals surface area contributed by atoms with E-state index in [2.05, 4.69) is 21.7 Å². The molecular weight excluding hydrogens is 254 g/mol. The second-order valence-electron chi connectivity index (χ2n) is 5.71. The molecule has 0 saturated carbocycles. The van der Waals surface area contributed by atoms with Crippen LogP contribution in [0.1, 0.15) is 25.7 Å². The Labute approximate surface area is 118 Å². The highest BCUT2D eigenvalue weighted by molar-refractivity contribution is 5.40. The predicted octanol–water partition coefficient (Wildman–Crippen LogP) is 0.584. The van der Waals surface area contributed by atoms with E-state index in [9.17, 15) is 10.1 Å². The van der Waals surface area contributed by atoms with Gasteiger partial charge in [0.05, 0.1) is 5.35 Å². The van der Waals surface area contributed by atoms with Gasteiger partial charge in [0.2, 0.25) is 6.04 Å². The van der Waals surface area contributed by atoms with Crippen LogP contribution in [0.25, 0.3) is 12.2 Å². The maximum Gasteiger partial charge on any atom is 0.237 e. The molecule has 3 rings (SSSR count). The molecule has 1 fully saturated rings. The Morgan fingerprint density at radius 3 is 2.85 bits per heavy atom. The molecule has 1 aromatic rings. The topological polar surface area (TPSA) is 51.3 Å². The van der Waals surface area contributed by atoms with Gasteiger partial charge < -0.3 is 9.47 Å². The molecule has 0 aromatic carbocycles. The highest BCUT2D eigenvalue weighted by atomic mass is 16.6. The number of aromatic nitrogens is 1. The zero-order valence-electron chi connectivity index (χ0n) is 11.7. The van der Waals surface area contributed by atoms with E-state index in [1.807, 2.05) is 12.2 Å². The van der Waals surface area contributed by atoms with Crippen LogP contribution in [0.5, 0.6) is 0 Å². The summed E-state index contributed by atoms with van der Waals surface area (Å²) < 4.78 is 2.16. The average molecular weight is 275 g/mol. The summed E-state index contributed by atoms with van der Waals surface area (Å²) in [7, 11) is 0. The van der Waals surface area contributed by atoms with Crippen LogP contribution >= 0.6 is 0 Å². The van der Waals surface area contributed by atoms with Crippen molar-refractivity contribution in [1.82, 2.24) is 9.47 Å². The Morgan fingerprint density at radius 1 is 1.30 bits per heavy atom. The van der Waals surface area contributed by atoms with Crippen LogP contribution in [0.3, 0.4) is 0 Å². The van der Waals surface area contributed by atoms with Crippen molar-refractivity contribution in [1.29, 1.82) is 0 Å². The Bertz CT molecular complexity index is 599. The first kappa shape index (κ1) is 13.4. The Balaban J connectivity index is 1.67. The van der Waals surface area contributed by atoms with Crippen molar-refractivity contribution in [2.45, 2.75) is 38.3 Å². The minimum absolute atomic E-state index is 0.193. The van der Waals surface area contributed by atoms with Crippen LogP contribution in [0.15, 0.2) is 12.3 Å². The third-order valence-corrected chi connectivity index (χ3v) is 4.31. The van der Waals surface area contributed by atoms with Crippen molar-refractivity contribution in [3.63, 3.8) is 0 Å². The molecule has 1 aromatic heterocycles. The molecule has 1 atom stereocenters. The highest BCUT2D eigenvalue weighted by Crippen LogP contribution is 2.08. The van der Waals surface area contributed by atoms with Crippen LogP contribution in [0.4, 0.5) is 0 Å². The predicted molar refractivity (Wildman–Crippen MR) is 78.3 cm³/mol. The molecule has 108 valence electrons. The number of likely N-dealkylation sites (tertiary alicyclic amines) is 1. The molecule has 20 heavy (non-hydrogen) atoms. The van der Waals surface area contributed by atoms with E-state index in [0.717, 1.165) is 30.1 Å². The van der Waals surface area contributed by atoms with E-state index >= 15 is 0 Å². The molecule has 1 aliphatic carbocycles. The van der Waals surface area contributed by atoms with Crippen molar-refractivity contribution in [3.05, 3.63) is 32.9 Å². The molecule has 1 aliphatic heterocycles. The maximum atomic E-state index is 10.9. The molecule has 2 heterocycles. The number of rotatable bonds is 5. The minimum atomic E-state index is -0.560. The standard InChI is InChI=1S/C15H21N3O2/c19-18(20)14-5-4-13-6-11-17(15(13)12-14)10-3-9-16-7-1-2-8-16/h4,6,11-12,14H,1-3,5,7-10H2. The van der Waals surface area contributed by atoms with Gasteiger partial charge >= 0.3 is 0 Å². The van der Waals surface area contributed by atoms with E-state index in [-0.39, 0.29) is 4.92 Å². The first-order valence-corrected chi connectivity index (χ1v) is 7.47. The van der Waals surface area contributed by atoms with Crippen molar-refractivity contribution in [2.75, 3.05) is 19.6 Å². The molecule has 1 unspecified atom stereocenters. The van der Waals surface area contributed by atoms with Gasteiger partial charge in [-0.05, 0) is 50.2 Å². The van der Waals surface area contributed by atoms with Gasteiger partial charge in [-0.25, -0.2) is 0 Å². The summed E-state index contributed by atoms with van der Waals surface area (Å²) >= 11 is 0. The lowest BCUT2D eigenvalue weighted by Crippen LogP contribution is -2.36. The van der Waals surface area contributed by atoms with Gasteiger partial charge in [0.1, 0.15) is 0 Å². The second-order valence-corrected chi connectivity index (χ2v) is 5.71. The summed E-state index contributed by atoms with van der Waals surface area (Å²) in [4.78, 5) is 13.2.